The van der Waals surface area contributed by atoms with Gasteiger partial charge in [0.25, 0.3) is 0 Å². The molecule has 0 bridgehead atoms. The Morgan fingerprint density at radius 3 is 2.52 bits per heavy atom. The number of carboxylic acids is 1. The van der Waals surface area contributed by atoms with Gasteiger partial charge in [-0.3, -0.25) is 0 Å². The van der Waals surface area contributed by atoms with Crippen LogP contribution >= 0.6 is 0 Å². The topological polar surface area (TPSA) is 76.2 Å². The summed E-state index contributed by atoms with van der Waals surface area (Å²) in [5.74, 6) is -6.75. The number of hydrogen-bond acceptors (Lipinski definition) is 4. The molecule has 2 rings (SSSR count). The maximum atomic E-state index is 14.1. The summed E-state index contributed by atoms with van der Waals surface area (Å²) in [4.78, 5) is 14.0. The molecule has 1 aromatic heterocycles. The van der Waals surface area contributed by atoms with Crippen LogP contribution in [0.5, 0.6) is 0 Å². The van der Waals surface area contributed by atoms with E-state index in [1.54, 1.807) is 0 Å². The summed E-state index contributed by atoms with van der Waals surface area (Å²) in [6.07, 6.45) is -0.345. The van der Waals surface area contributed by atoms with Crippen molar-refractivity contribution >= 4 is 5.97 Å². The second-order valence-corrected chi connectivity index (χ2v) is 4.18. The molecule has 0 saturated heterocycles. The average Bonchev–Trinajstić information content (AvgIpc) is 2.88. The van der Waals surface area contributed by atoms with Gasteiger partial charge in [0, 0.05) is 11.1 Å². The molecule has 1 heterocycles. The van der Waals surface area contributed by atoms with Crippen molar-refractivity contribution in [3.63, 3.8) is 0 Å². The van der Waals surface area contributed by atoms with Crippen LogP contribution in [0.3, 0.4) is 0 Å². The number of benzene rings is 1. The van der Waals surface area contributed by atoms with Crippen LogP contribution in [0.4, 0.5) is 13.2 Å². The number of hydrogen-bond donors (Lipinski definition) is 1. The Morgan fingerprint density at radius 1 is 1.33 bits per heavy atom. The van der Waals surface area contributed by atoms with Crippen LogP contribution in [-0.4, -0.2) is 21.2 Å². The molecule has 1 N–H and O–H groups in total. The summed E-state index contributed by atoms with van der Waals surface area (Å²) in [5.41, 5.74) is -0.774. The largest absolute Gasteiger partial charge is 0.478 e. The zero-order valence-electron chi connectivity index (χ0n) is 10.5. The van der Waals surface area contributed by atoms with Crippen molar-refractivity contribution in [1.82, 2.24) is 10.1 Å². The van der Waals surface area contributed by atoms with E-state index < -0.39 is 29.1 Å². The Hall–Kier alpha value is -2.64. The molecular weight excluding hydrogens is 289 g/mol. The number of nitrogens with zero attached hydrogens (tertiary/aromatic N) is 2. The van der Waals surface area contributed by atoms with Crippen molar-refractivity contribution in [3.8, 4) is 0 Å². The summed E-state index contributed by atoms with van der Waals surface area (Å²) in [5, 5.41) is 11.8. The van der Waals surface area contributed by atoms with Crippen LogP contribution in [0, 0.1) is 5.82 Å². The molecule has 21 heavy (non-hydrogen) atoms. The molecule has 0 spiro atoms. The molecule has 8 heteroatoms. The van der Waals surface area contributed by atoms with E-state index in [1.807, 2.05) is 0 Å². The van der Waals surface area contributed by atoms with Crippen molar-refractivity contribution in [3.05, 3.63) is 59.5 Å². The predicted octanol–water partition coefficient (Wildman–Crippen LogP) is 2.53. The zero-order valence-corrected chi connectivity index (χ0v) is 10.5. The Morgan fingerprint density at radius 2 is 1.95 bits per heavy atom. The molecule has 2 aromatic rings. The highest BCUT2D eigenvalue weighted by atomic mass is 19.3. The lowest BCUT2D eigenvalue weighted by atomic mass is 10.1. The van der Waals surface area contributed by atoms with E-state index in [4.69, 9.17) is 5.11 Å². The van der Waals surface area contributed by atoms with Gasteiger partial charge < -0.3 is 9.63 Å². The van der Waals surface area contributed by atoms with Crippen LogP contribution in [0.25, 0.3) is 0 Å². The fraction of sp³-hybridized carbons (Fsp3) is 0.154. The molecule has 0 atom stereocenters. The molecule has 0 amide bonds. The van der Waals surface area contributed by atoms with Gasteiger partial charge in [-0.2, -0.15) is 13.8 Å². The fourth-order valence-corrected chi connectivity index (χ4v) is 1.50. The van der Waals surface area contributed by atoms with Crippen molar-refractivity contribution in [1.29, 1.82) is 0 Å². The summed E-state index contributed by atoms with van der Waals surface area (Å²) >= 11 is 0. The van der Waals surface area contributed by atoms with Gasteiger partial charge in [0.2, 0.25) is 11.7 Å². The maximum Gasteiger partial charge on any atom is 0.335 e. The lowest BCUT2D eigenvalue weighted by Gasteiger charge is -2.11. The number of alkyl halides is 2. The zero-order chi connectivity index (χ0) is 15.6. The average molecular weight is 298 g/mol. The first-order chi connectivity index (χ1) is 9.80. The number of carbonyl (C=O) groups is 1. The Balaban J connectivity index is 2.25. The highest BCUT2D eigenvalue weighted by molar-refractivity contribution is 5.86. The SMILES string of the molecule is C=C(Cc1nc(C(F)(F)c2ccc(F)cc2)no1)C(=O)O. The second kappa shape index (κ2) is 5.39. The predicted molar refractivity (Wildman–Crippen MR) is 64.2 cm³/mol. The molecule has 0 aliphatic rings. The van der Waals surface area contributed by atoms with Crippen LogP contribution in [-0.2, 0) is 17.1 Å². The third-order valence-electron chi connectivity index (χ3n) is 2.62. The number of aliphatic carboxylic acids is 1. The second-order valence-electron chi connectivity index (χ2n) is 4.18. The van der Waals surface area contributed by atoms with E-state index in [-0.39, 0.29) is 17.9 Å². The maximum absolute atomic E-state index is 14.1. The van der Waals surface area contributed by atoms with Gasteiger partial charge in [-0.15, -0.1) is 0 Å². The minimum absolute atomic E-state index is 0.268. The number of carboxylic acid groups (broad SMARTS) is 1. The Bertz CT molecular complexity index is 680. The summed E-state index contributed by atoms with van der Waals surface area (Å²) in [6, 6.07) is 3.58. The van der Waals surface area contributed by atoms with Gasteiger partial charge in [-0.05, 0) is 24.3 Å². The molecular formula is C13H9F3N2O3. The van der Waals surface area contributed by atoms with Gasteiger partial charge in [-0.1, -0.05) is 11.7 Å². The first-order valence-electron chi connectivity index (χ1n) is 5.68. The molecule has 0 unspecified atom stereocenters. The van der Waals surface area contributed by atoms with E-state index in [1.165, 1.54) is 0 Å². The third-order valence-corrected chi connectivity index (χ3v) is 2.62. The van der Waals surface area contributed by atoms with E-state index >= 15 is 0 Å². The van der Waals surface area contributed by atoms with Gasteiger partial charge in [-0.25, -0.2) is 9.18 Å². The van der Waals surface area contributed by atoms with Crippen molar-refractivity contribution in [2.75, 3.05) is 0 Å². The van der Waals surface area contributed by atoms with Crippen LogP contribution < -0.4 is 0 Å². The fourth-order valence-electron chi connectivity index (χ4n) is 1.50. The number of halogens is 3. The van der Waals surface area contributed by atoms with Gasteiger partial charge in [0.1, 0.15) is 5.82 Å². The minimum atomic E-state index is -3.58. The van der Waals surface area contributed by atoms with E-state index in [9.17, 15) is 18.0 Å². The summed E-state index contributed by atoms with van der Waals surface area (Å²) in [7, 11) is 0. The van der Waals surface area contributed by atoms with Crippen LogP contribution in [0.15, 0.2) is 40.9 Å². The van der Waals surface area contributed by atoms with Gasteiger partial charge >= 0.3 is 11.9 Å². The highest BCUT2D eigenvalue weighted by Crippen LogP contribution is 2.33. The molecule has 110 valence electrons. The van der Waals surface area contributed by atoms with Crippen LogP contribution in [0.2, 0.25) is 0 Å². The lowest BCUT2D eigenvalue weighted by molar-refractivity contribution is -0.132. The van der Waals surface area contributed by atoms with E-state index in [0.717, 1.165) is 24.3 Å². The van der Waals surface area contributed by atoms with Crippen molar-refractivity contribution < 1.29 is 27.6 Å². The summed E-state index contributed by atoms with van der Waals surface area (Å²) < 4.78 is 45.5. The first-order valence-corrected chi connectivity index (χ1v) is 5.68. The van der Waals surface area contributed by atoms with Crippen molar-refractivity contribution in [2.45, 2.75) is 12.3 Å². The molecule has 0 radical (unpaired) electrons. The Kier molecular flexibility index (Phi) is 3.79. The van der Waals surface area contributed by atoms with Crippen LogP contribution in [0.1, 0.15) is 17.3 Å². The third kappa shape index (κ3) is 3.10. The summed E-state index contributed by atoms with van der Waals surface area (Å²) in [6.45, 7) is 3.23. The van der Waals surface area contributed by atoms with Crippen molar-refractivity contribution in [2.24, 2.45) is 0 Å². The normalized spacial score (nSPS) is 11.4. The minimum Gasteiger partial charge on any atom is -0.478 e. The highest BCUT2D eigenvalue weighted by Gasteiger charge is 2.39. The number of rotatable bonds is 5. The lowest BCUT2D eigenvalue weighted by Crippen LogP contribution is -2.17. The van der Waals surface area contributed by atoms with Gasteiger partial charge in [0.15, 0.2) is 0 Å². The molecule has 0 saturated carbocycles. The molecule has 1 aromatic carbocycles. The number of aromatic nitrogens is 2. The quantitative estimate of drug-likeness (QED) is 0.858. The standard InChI is InChI=1S/C13H9F3N2O3/c1-7(11(19)20)6-10-17-12(18-21-10)13(15,16)8-2-4-9(14)5-3-8/h2-5H,1,6H2,(H,19,20). The molecule has 0 aliphatic carbocycles. The van der Waals surface area contributed by atoms with E-state index in [2.05, 4.69) is 21.2 Å². The monoisotopic (exact) mass is 298 g/mol. The van der Waals surface area contributed by atoms with E-state index in [0.29, 0.717) is 0 Å². The first kappa shape index (κ1) is 14.8. The smallest absolute Gasteiger partial charge is 0.335 e. The van der Waals surface area contributed by atoms with Gasteiger partial charge in [0.05, 0.1) is 6.42 Å². The molecule has 0 aliphatic heterocycles. The molecule has 0 fully saturated rings. The Labute approximate surface area is 116 Å². The molecule has 5 nitrogen and oxygen atoms in total.